The molecule has 0 bridgehead atoms. The molecular formula is C7H13BF2. The standard InChI is InChI=1S/C7H13BF2/c1-6(2,3)4-7(9,10)5-8/h4-5H2,1-3H3. The summed E-state index contributed by atoms with van der Waals surface area (Å²) in [5.41, 5.74) is -0.344. The highest BCUT2D eigenvalue weighted by molar-refractivity contribution is 6.09. The van der Waals surface area contributed by atoms with Crippen molar-refractivity contribution < 1.29 is 8.78 Å². The monoisotopic (exact) mass is 146 g/mol. The summed E-state index contributed by atoms with van der Waals surface area (Å²) in [6, 6.07) is 0. The topological polar surface area (TPSA) is 0 Å². The molecular weight excluding hydrogens is 133 g/mol. The molecule has 0 fully saturated rings. The molecule has 0 aliphatic carbocycles. The van der Waals surface area contributed by atoms with E-state index >= 15 is 0 Å². The Labute approximate surface area is 62.4 Å². The van der Waals surface area contributed by atoms with Crippen LogP contribution in [0.3, 0.4) is 0 Å². The van der Waals surface area contributed by atoms with E-state index < -0.39 is 12.2 Å². The molecule has 0 unspecified atom stereocenters. The van der Waals surface area contributed by atoms with E-state index in [1.807, 2.05) is 0 Å². The molecule has 0 heterocycles. The van der Waals surface area contributed by atoms with Crippen LogP contribution >= 0.6 is 0 Å². The second-order valence-electron chi connectivity index (χ2n) is 3.80. The lowest BCUT2D eigenvalue weighted by molar-refractivity contribution is -0.0161. The number of hydrogen-bond donors (Lipinski definition) is 0. The summed E-state index contributed by atoms with van der Waals surface area (Å²) >= 11 is 0. The third-order valence-electron chi connectivity index (χ3n) is 1.09. The third-order valence-corrected chi connectivity index (χ3v) is 1.09. The van der Waals surface area contributed by atoms with E-state index in [-0.39, 0.29) is 11.8 Å². The summed E-state index contributed by atoms with van der Waals surface area (Å²) in [6.07, 6.45) is -0.694. The van der Waals surface area contributed by atoms with Crippen molar-refractivity contribution in [3.63, 3.8) is 0 Å². The molecule has 58 valence electrons. The molecule has 0 nitrogen and oxygen atoms in total. The van der Waals surface area contributed by atoms with Gasteiger partial charge in [-0.2, -0.15) is 0 Å². The maximum absolute atomic E-state index is 12.5. The van der Waals surface area contributed by atoms with Gasteiger partial charge in [0, 0.05) is 6.42 Å². The van der Waals surface area contributed by atoms with Crippen molar-refractivity contribution in [1.29, 1.82) is 0 Å². The van der Waals surface area contributed by atoms with Crippen LogP contribution < -0.4 is 0 Å². The van der Waals surface area contributed by atoms with E-state index in [4.69, 9.17) is 7.85 Å². The summed E-state index contributed by atoms with van der Waals surface area (Å²) < 4.78 is 25.0. The first-order valence-corrected chi connectivity index (χ1v) is 3.35. The number of alkyl halides is 2. The quantitative estimate of drug-likeness (QED) is 0.525. The van der Waals surface area contributed by atoms with Gasteiger partial charge in [-0.15, -0.1) is 0 Å². The Morgan fingerprint density at radius 2 is 1.60 bits per heavy atom. The Hall–Kier alpha value is -0.0751. The Balaban J connectivity index is 3.89. The van der Waals surface area contributed by atoms with Crippen LogP contribution in [0.5, 0.6) is 0 Å². The first-order chi connectivity index (χ1) is 4.27. The minimum absolute atomic E-state index is 0.142. The minimum Gasteiger partial charge on any atom is -0.208 e. The fourth-order valence-electron chi connectivity index (χ4n) is 0.848. The summed E-state index contributed by atoms with van der Waals surface area (Å²) in [5.74, 6) is -2.70. The molecule has 10 heavy (non-hydrogen) atoms. The average Bonchev–Trinajstić information content (AvgIpc) is 1.60. The molecule has 2 radical (unpaired) electrons. The Bertz CT molecular complexity index is 105. The second kappa shape index (κ2) is 2.89. The predicted molar refractivity (Wildman–Crippen MR) is 39.6 cm³/mol. The summed E-state index contributed by atoms with van der Waals surface area (Å²) in [5, 5.41) is 0. The van der Waals surface area contributed by atoms with Crippen molar-refractivity contribution in [2.45, 2.75) is 39.4 Å². The zero-order valence-corrected chi connectivity index (χ0v) is 6.75. The van der Waals surface area contributed by atoms with Gasteiger partial charge in [-0.1, -0.05) is 20.8 Å². The van der Waals surface area contributed by atoms with Gasteiger partial charge in [-0.25, -0.2) is 8.78 Å². The molecule has 0 aromatic rings. The van der Waals surface area contributed by atoms with Gasteiger partial charge >= 0.3 is 0 Å². The van der Waals surface area contributed by atoms with Gasteiger partial charge in [0.1, 0.15) is 0 Å². The van der Waals surface area contributed by atoms with Gasteiger partial charge in [0.25, 0.3) is 0 Å². The van der Waals surface area contributed by atoms with Gasteiger partial charge in [0.2, 0.25) is 5.92 Å². The van der Waals surface area contributed by atoms with Gasteiger partial charge < -0.3 is 0 Å². The molecule has 0 spiro atoms. The largest absolute Gasteiger partial charge is 0.241 e. The summed E-state index contributed by atoms with van der Waals surface area (Å²) in [7, 11) is 4.86. The third kappa shape index (κ3) is 4.77. The van der Waals surface area contributed by atoms with E-state index in [1.54, 1.807) is 20.8 Å². The SMILES string of the molecule is [B]CC(F)(F)CC(C)(C)C. The van der Waals surface area contributed by atoms with Crippen molar-refractivity contribution in [2.75, 3.05) is 0 Å². The highest BCUT2D eigenvalue weighted by atomic mass is 19.3. The van der Waals surface area contributed by atoms with Crippen molar-refractivity contribution >= 4 is 7.85 Å². The van der Waals surface area contributed by atoms with Crippen LogP contribution in [-0.4, -0.2) is 13.8 Å². The van der Waals surface area contributed by atoms with E-state index in [2.05, 4.69) is 0 Å². The van der Waals surface area contributed by atoms with Crippen molar-refractivity contribution in [3.05, 3.63) is 0 Å². The smallest absolute Gasteiger partial charge is 0.208 e. The summed E-state index contributed by atoms with van der Waals surface area (Å²) in [6.45, 7) is 5.32. The zero-order chi connectivity index (χ0) is 8.41. The van der Waals surface area contributed by atoms with E-state index in [0.29, 0.717) is 0 Å². The van der Waals surface area contributed by atoms with E-state index in [1.165, 1.54) is 0 Å². The van der Waals surface area contributed by atoms with E-state index in [0.717, 1.165) is 0 Å². The molecule has 0 aliphatic heterocycles. The molecule has 3 heteroatoms. The minimum atomic E-state index is -2.70. The van der Waals surface area contributed by atoms with Crippen molar-refractivity contribution in [3.8, 4) is 0 Å². The fourth-order valence-corrected chi connectivity index (χ4v) is 0.848. The normalized spacial score (nSPS) is 13.7. The molecule has 0 N–H and O–H groups in total. The number of hydrogen-bond acceptors (Lipinski definition) is 0. The van der Waals surface area contributed by atoms with Gasteiger partial charge in [-0.3, -0.25) is 0 Å². The van der Waals surface area contributed by atoms with Crippen LogP contribution in [0.4, 0.5) is 8.78 Å². The maximum atomic E-state index is 12.5. The Morgan fingerprint density at radius 3 is 1.70 bits per heavy atom. The lowest BCUT2D eigenvalue weighted by Crippen LogP contribution is -2.23. The Kier molecular flexibility index (Phi) is 2.87. The van der Waals surface area contributed by atoms with Crippen LogP contribution in [0.15, 0.2) is 0 Å². The number of rotatable bonds is 2. The van der Waals surface area contributed by atoms with Gasteiger partial charge in [0.05, 0.1) is 7.85 Å². The van der Waals surface area contributed by atoms with Crippen LogP contribution in [0.25, 0.3) is 0 Å². The molecule has 0 aromatic carbocycles. The van der Waals surface area contributed by atoms with Crippen LogP contribution in [0.1, 0.15) is 27.2 Å². The van der Waals surface area contributed by atoms with Gasteiger partial charge in [-0.05, 0) is 11.7 Å². The molecule has 0 rings (SSSR count). The first-order valence-electron chi connectivity index (χ1n) is 3.35. The van der Waals surface area contributed by atoms with Crippen LogP contribution in [0, 0.1) is 5.41 Å². The predicted octanol–water partition coefficient (Wildman–Crippen LogP) is 2.64. The van der Waals surface area contributed by atoms with Crippen LogP contribution in [0.2, 0.25) is 6.32 Å². The van der Waals surface area contributed by atoms with Crippen LogP contribution in [-0.2, 0) is 0 Å². The van der Waals surface area contributed by atoms with Gasteiger partial charge in [0.15, 0.2) is 0 Å². The highest BCUT2D eigenvalue weighted by Gasteiger charge is 2.31. The second-order valence-corrected chi connectivity index (χ2v) is 3.80. The summed E-state index contributed by atoms with van der Waals surface area (Å²) in [4.78, 5) is 0. The lowest BCUT2D eigenvalue weighted by atomic mass is 9.84. The molecule has 0 atom stereocenters. The van der Waals surface area contributed by atoms with E-state index in [9.17, 15) is 8.78 Å². The highest BCUT2D eigenvalue weighted by Crippen LogP contribution is 2.33. The van der Waals surface area contributed by atoms with Crippen molar-refractivity contribution in [2.24, 2.45) is 5.41 Å². The molecule has 0 saturated carbocycles. The lowest BCUT2D eigenvalue weighted by Gasteiger charge is -2.24. The number of halogens is 2. The maximum Gasteiger partial charge on any atom is 0.241 e. The average molecular weight is 146 g/mol. The molecule has 0 saturated heterocycles. The van der Waals surface area contributed by atoms with Crippen molar-refractivity contribution in [1.82, 2.24) is 0 Å². The zero-order valence-electron chi connectivity index (χ0n) is 6.75. The molecule has 0 aliphatic rings. The molecule has 0 amide bonds. The first kappa shape index (κ1) is 9.92. The Morgan fingerprint density at radius 1 is 1.20 bits per heavy atom. The molecule has 0 aromatic heterocycles. The fraction of sp³-hybridized carbons (Fsp3) is 1.00.